The van der Waals surface area contributed by atoms with Crippen LogP contribution in [0.3, 0.4) is 0 Å². The Morgan fingerprint density at radius 1 is 1.27 bits per heavy atom. The van der Waals surface area contributed by atoms with Crippen molar-refractivity contribution in [3.05, 3.63) is 12.2 Å². The second kappa shape index (κ2) is 5.95. The number of carbonyl (C=O) groups excluding carboxylic acids is 2. The maximum Gasteiger partial charge on any atom is 0.317 e. The predicted molar refractivity (Wildman–Crippen MR) is 60.7 cm³/mol. The Kier molecular flexibility index (Phi) is 4.88. The SMILES string of the molecule is BCC(=O)OC1C=CC(OC(=O)CBr)C1. The number of hydrogen-bond acceptors (Lipinski definition) is 4. The van der Waals surface area contributed by atoms with Crippen LogP contribution in [0.4, 0.5) is 0 Å². The molecule has 0 bridgehead atoms. The molecule has 0 aromatic heterocycles. The smallest absolute Gasteiger partial charge is 0.317 e. The molecule has 2 atom stereocenters. The largest absolute Gasteiger partial charge is 0.458 e. The van der Waals surface area contributed by atoms with Crippen LogP contribution in [-0.4, -0.2) is 37.3 Å². The van der Waals surface area contributed by atoms with E-state index in [4.69, 9.17) is 9.47 Å². The Morgan fingerprint density at radius 2 is 1.80 bits per heavy atom. The standard InChI is InChI=1S/C9H12BBrO4/c10-4-8(12)14-6-1-2-7(3-6)15-9(13)5-11/h1-2,6-7H,3-5,10H2. The van der Waals surface area contributed by atoms with Gasteiger partial charge in [-0.15, -0.1) is 0 Å². The highest BCUT2D eigenvalue weighted by Gasteiger charge is 2.23. The topological polar surface area (TPSA) is 52.6 Å². The number of rotatable bonds is 4. The van der Waals surface area contributed by atoms with Crippen LogP contribution >= 0.6 is 15.9 Å². The first-order valence-corrected chi connectivity index (χ1v) is 5.91. The van der Waals surface area contributed by atoms with Gasteiger partial charge in [0.25, 0.3) is 5.97 Å². The lowest BCUT2D eigenvalue weighted by Gasteiger charge is -2.13. The highest BCUT2D eigenvalue weighted by molar-refractivity contribution is 9.09. The third-order valence-corrected chi connectivity index (χ3v) is 2.43. The molecule has 1 aliphatic carbocycles. The van der Waals surface area contributed by atoms with Crippen molar-refractivity contribution >= 4 is 35.7 Å². The first-order valence-electron chi connectivity index (χ1n) is 4.79. The van der Waals surface area contributed by atoms with Gasteiger partial charge in [-0.05, 0) is 12.2 Å². The third kappa shape index (κ3) is 4.07. The highest BCUT2D eigenvalue weighted by Crippen LogP contribution is 2.18. The minimum absolute atomic E-state index is 0.177. The van der Waals surface area contributed by atoms with Gasteiger partial charge < -0.3 is 9.47 Å². The summed E-state index contributed by atoms with van der Waals surface area (Å²) in [6.07, 6.45) is 3.84. The molecule has 2 unspecified atom stereocenters. The minimum Gasteiger partial charge on any atom is -0.458 e. The summed E-state index contributed by atoms with van der Waals surface area (Å²) in [5.41, 5.74) is 0. The Balaban J connectivity index is 2.31. The van der Waals surface area contributed by atoms with Crippen LogP contribution in [-0.2, 0) is 19.1 Å². The molecule has 0 spiro atoms. The van der Waals surface area contributed by atoms with Crippen LogP contribution in [0.25, 0.3) is 0 Å². The van der Waals surface area contributed by atoms with Gasteiger partial charge in [0, 0.05) is 12.7 Å². The van der Waals surface area contributed by atoms with Gasteiger partial charge >= 0.3 is 5.97 Å². The van der Waals surface area contributed by atoms with E-state index in [0.717, 1.165) is 0 Å². The monoisotopic (exact) mass is 274 g/mol. The predicted octanol–water partition coefficient (Wildman–Crippen LogP) is 0.216. The first kappa shape index (κ1) is 12.3. The summed E-state index contributed by atoms with van der Waals surface area (Å²) in [5.74, 6) is -0.552. The number of ether oxygens (including phenoxy) is 2. The molecule has 0 heterocycles. The maximum atomic E-state index is 11.0. The zero-order valence-corrected chi connectivity index (χ0v) is 10.0. The molecular weight excluding hydrogens is 263 g/mol. The van der Waals surface area contributed by atoms with Crippen molar-refractivity contribution in [2.24, 2.45) is 0 Å². The Hall–Kier alpha value is -0.775. The summed E-state index contributed by atoms with van der Waals surface area (Å²) in [7, 11) is 1.74. The summed E-state index contributed by atoms with van der Waals surface area (Å²) < 4.78 is 10.1. The molecule has 15 heavy (non-hydrogen) atoms. The second-order valence-electron chi connectivity index (χ2n) is 3.16. The molecule has 6 heteroatoms. The Morgan fingerprint density at radius 3 is 2.27 bits per heavy atom. The number of halogens is 1. The maximum absolute atomic E-state index is 11.0. The van der Waals surface area contributed by atoms with Crippen molar-refractivity contribution in [2.45, 2.75) is 24.9 Å². The van der Waals surface area contributed by atoms with Crippen LogP contribution in [0.2, 0.25) is 6.32 Å². The van der Waals surface area contributed by atoms with Gasteiger partial charge in [-0.25, -0.2) is 0 Å². The molecule has 82 valence electrons. The number of carbonyl (C=O) groups is 2. The first-order chi connectivity index (χ1) is 7.15. The number of hydrogen-bond donors (Lipinski definition) is 0. The van der Waals surface area contributed by atoms with E-state index in [9.17, 15) is 9.59 Å². The lowest BCUT2D eigenvalue weighted by atomic mass is 10.1. The third-order valence-electron chi connectivity index (χ3n) is 1.97. The molecule has 0 fully saturated rings. The molecule has 1 aliphatic rings. The van der Waals surface area contributed by atoms with E-state index in [1.54, 1.807) is 20.0 Å². The van der Waals surface area contributed by atoms with Gasteiger partial charge in [0.05, 0.1) is 0 Å². The van der Waals surface area contributed by atoms with Crippen LogP contribution in [0.5, 0.6) is 0 Å². The average Bonchev–Trinajstić information content (AvgIpc) is 2.65. The zero-order chi connectivity index (χ0) is 11.3. The molecule has 4 nitrogen and oxygen atoms in total. The fourth-order valence-corrected chi connectivity index (χ4v) is 1.39. The highest BCUT2D eigenvalue weighted by atomic mass is 79.9. The number of esters is 2. The molecule has 0 radical (unpaired) electrons. The van der Waals surface area contributed by atoms with E-state index in [1.165, 1.54) is 0 Å². The van der Waals surface area contributed by atoms with Gasteiger partial charge in [0.15, 0.2) is 0 Å². The average molecular weight is 275 g/mol. The molecule has 0 saturated heterocycles. The zero-order valence-electron chi connectivity index (χ0n) is 8.44. The van der Waals surface area contributed by atoms with E-state index >= 15 is 0 Å². The van der Waals surface area contributed by atoms with Crippen molar-refractivity contribution in [1.82, 2.24) is 0 Å². The second-order valence-corrected chi connectivity index (χ2v) is 3.73. The van der Waals surface area contributed by atoms with E-state index in [1.807, 2.05) is 0 Å². The molecule has 0 N–H and O–H groups in total. The van der Waals surface area contributed by atoms with E-state index in [0.29, 0.717) is 12.7 Å². The quantitative estimate of drug-likeness (QED) is 0.318. The van der Waals surface area contributed by atoms with Gasteiger partial charge in [-0.2, -0.15) is 0 Å². The van der Waals surface area contributed by atoms with Crippen LogP contribution < -0.4 is 0 Å². The summed E-state index contributed by atoms with van der Waals surface area (Å²) in [6, 6.07) is 0. The van der Waals surface area contributed by atoms with Gasteiger partial charge in [-0.1, -0.05) is 15.9 Å². The van der Waals surface area contributed by atoms with Crippen molar-refractivity contribution in [3.8, 4) is 0 Å². The molecule has 1 rings (SSSR count). The van der Waals surface area contributed by atoms with Crippen LogP contribution in [0, 0.1) is 0 Å². The van der Waals surface area contributed by atoms with Crippen LogP contribution in [0.1, 0.15) is 6.42 Å². The number of alkyl halides is 1. The van der Waals surface area contributed by atoms with E-state index < -0.39 is 0 Å². The van der Waals surface area contributed by atoms with Crippen LogP contribution in [0.15, 0.2) is 12.2 Å². The Bertz CT molecular complexity index is 253. The summed E-state index contributed by atoms with van der Waals surface area (Å²) in [6.45, 7) is 0. The lowest BCUT2D eigenvalue weighted by molar-refractivity contribution is -0.147. The van der Waals surface area contributed by atoms with Crippen molar-refractivity contribution in [1.29, 1.82) is 0 Å². The van der Waals surface area contributed by atoms with Crippen molar-refractivity contribution in [3.63, 3.8) is 0 Å². The summed E-state index contributed by atoms with van der Waals surface area (Å²) in [5, 5.41) is 0.177. The normalized spacial score (nSPS) is 23.8. The van der Waals surface area contributed by atoms with E-state index in [-0.39, 0.29) is 29.5 Å². The van der Waals surface area contributed by atoms with Gasteiger partial charge in [0.1, 0.15) is 25.4 Å². The molecule has 0 saturated carbocycles. The lowest BCUT2D eigenvalue weighted by Crippen LogP contribution is -2.20. The molecule has 0 aromatic carbocycles. The molecule has 0 aliphatic heterocycles. The molecule has 0 amide bonds. The van der Waals surface area contributed by atoms with E-state index in [2.05, 4.69) is 15.9 Å². The summed E-state index contributed by atoms with van der Waals surface area (Å²) in [4.78, 5) is 21.9. The van der Waals surface area contributed by atoms with Gasteiger partial charge in [-0.3, -0.25) is 9.59 Å². The molecule has 0 aromatic rings. The summed E-state index contributed by atoms with van der Waals surface area (Å²) >= 11 is 3.00. The fourth-order valence-electron chi connectivity index (χ4n) is 1.26. The Labute approximate surface area is 97.5 Å². The van der Waals surface area contributed by atoms with Crippen molar-refractivity contribution in [2.75, 3.05) is 5.33 Å². The minimum atomic E-state index is -0.313. The van der Waals surface area contributed by atoms with Crippen molar-refractivity contribution < 1.29 is 19.1 Å². The fraction of sp³-hybridized carbons (Fsp3) is 0.556. The van der Waals surface area contributed by atoms with Gasteiger partial charge in [0.2, 0.25) is 0 Å². The molecular formula is C9H12BBrO4.